The predicted octanol–water partition coefficient (Wildman–Crippen LogP) is -2.08. The third-order valence-electron chi connectivity index (χ3n) is 0.827. The molecule has 4 N–H and O–H groups in total. The van der Waals surface area contributed by atoms with Crippen LogP contribution in [0.5, 0.6) is 0 Å². The fourth-order valence-electron chi connectivity index (χ4n) is 0.519. The second-order valence-corrected chi connectivity index (χ2v) is 1.60. The second-order valence-electron chi connectivity index (χ2n) is 1.60. The highest BCUT2D eigenvalue weighted by Gasteiger charge is 2.20. The van der Waals surface area contributed by atoms with E-state index in [1.165, 1.54) is 0 Å². The average molecular weight is 146 g/mol. The van der Waals surface area contributed by atoms with Crippen molar-refractivity contribution in [1.82, 2.24) is 10.6 Å². The SMILES string of the molecule is O.O=C1CC(=O)NC(=O)N1. The van der Waals surface area contributed by atoms with Crippen LogP contribution in [0.4, 0.5) is 4.79 Å². The van der Waals surface area contributed by atoms with Crippen LogP contribution in [-0.2, 0) is 9.59 Å². The van der Waals surface area contributed by atoms with Gasteiger partial charge in [-0.2, -0.15) is 0 Å². The Balaban J connectivity index is 0.000000810. The molecule has 0 bridgehead atoms. The van der Waals surface area contributed by atoms with E-state index < -0.39 is 17.8 Å². The first-order chi connectivity index (χ1) is 4.18. The van der Waals surface area contributed by atoms with Crippen molar-refractivity contribution >= 4 is 17.8 Å². The van der Waals surface area contributed by atoms with E-state index in [1.807, 2.05) is 10.6 Å². The van der Waals surface area contributed by atoms with E-state index >= 15 is 0 Å². The van der Waals surface area contributed by atoms with Crippen LogP contribution in [-0.4, -0.2) is 23.3 Å². The molecule has 1 aliphatic heterocycles. The van der Waals surface area contributed by atoms with E-state index in [9.17, 15) is 14.4 Å². The van der Waals surface area contributed by atoms with Crippen molar-refractivity contribution in [2.45, 2.75) is 6.42 Å². The van der Waals surface area contributed by atoms with Crippen molar-refractivity contribution in [1.29, 1.82) is 0 Å². The first-order valence-electron chi connectivity index (χ1n) is 2.32. The van der Waals surface area contributed by atoms with Crippen LogP contribution in [0.1, 0.15) is 6.42 Å². The third kappa shape index (κ3) is 1.82. The molecule has 4 amide bonds. The molecule has 1 heterocycles. The summed E-state index contributed by atoms with van der Waals surface area (Å²) in [5.74, 6) is -1.10. The number of hydrogen-bond acceptors (Lipinski definition) is 3. The van der Waals surface area contributed by atoms with Crippen molar-refractivity contribution in [3.05, 3.63) is 0 Å². The number of carbonyl (C=O) groups excluding carboxylic acids is 3. The molecule has 0 aliphatic carbocycles. The zero-order valence-electron chi connectivity index (χ0n) is 4.93. The predicted molar refractivity (Wildman–Crippen MR) is 29.9 cm³/mol. The number of imide groups is 2. The number of urea groups is 1. The number of amides is 4. The van der Waals surface area contributed by atoms with Gasteiger partial charge < -0.3 is 5.48 Å². The van der Waals surface area contributed by atoms with Crippen LogP contribution in [0.2, 0.25) is 0 Å². The van der Waals surface area contributed by atoms with Crippen LogP contribution in [0, 0.1) is 0 Å². The van der Waals surface area contributed by atoms with Crippen LogP contribution in [0.3, 0.4) is 0 Å². The van der Waals surface area contributed by atoms with E-state index in [0.29, 0.717) is 0 Å². The van der Waals surface area contributed by atoms with E-state index in [4.69, 9.17) is 0 Å². The zero-order chi connectivity index (χ0) is 6.85. The van der Waals surface area contributed by atoms with Gasteiger partial charge in [-0.3, -0.25) is 20.2 Å². The Labute approximate surface area is 55.9 Å². The summed E-state index contributed by atoms with van der Waals surface area (Å²) in [5.41, 5.74) is 0. The van der Waals surface area contributed by atoms with Gasteiger partial charge in [-0.05, 0) is 0 Å². The molecular weight excluding hydrogens is 140 g/mol. The van der Waals surface area contributed by atoms with Gasteiger partial charge in [-0.1, -0.05) is 0 Å². The summed E-state index contributed by atoms with van der Waals surface area (Å²) in [5, 5.41) is 3.80. The lowest BCUT2D eigenvalue weighted by atomic mass is 10.3. The summed E-state index contributed by atoms with van der Waals surface area (Å²) in [7, 11) is 0. The fourth-order valence-corrected chi connectivity index (χ4v) is 0.519. The normalized spacial score (nSPS) is 17.0. The lowest BCUT2D eigenvalue weighted by Crippen LogP contribution is -2.49. The number of barbiturate groups is 1. The van der Waals surface area contributed by atoms with Gasteiger partial charge in [0, 0.05) is 0 Å². The van der Waals surface area contributed by atoms with E-state index in [2.05, 4.69) is 0 Å². The topological polar surface area (TPSA) is 107 Å². The monoisotopic (exact) mass is 146 g/mol. The van der Waals surface area contributed by atoms with Gasteiger partial charge in [0.25, 0.3) is 0 Å². The number of nitrogens with one attached hydrogen (secondary N) is 2. The zero-order valence-corrected chi connectivity index (χ0v) is 4.93. The summed E-state index contributed by atoms with van der Waals surface area (Å²) in [6, 6.07) is -0.740. The molecule has 1 aliphatic rings. The maximum atomic E-state index is 10.3. The van der Waals surface area contributed by atoms with Gasteiger partial charge >= 0.3 is 6.03 Å². The van der Waals surface area contributed by atoms with Crippen LogP contribution in [0.15, 0.2) is 0 Å². The van der Waals surface area contributed by atoms with Gasteiger partial charge in [0.05, 0.1) is 0 Å². The van der Waals surface area contributed by atoms with Gasteiger partial charge in [-0.15, -0.1) is 0 Å². The van der Waals surface area contributed by atoms with Crippen molar-refractivity contribution in [2.75, 3.05) is 0 Å². The lowest BCUT2D eigenvalue weighted by molar-refractivity contribution is -0.129. The standard InChI is InChI=1S/C4H4N2O3.H2O/c7-2-1-3(8)6-4(9)5-2;/h1H2,(H2,5,6,7,8,9);1H2. The number of hydrogen-bond donors (Lipinski definition) is 2. The Morgan fingerprint density at radius 2 is 1.40 bits per heavy atom. The molecule has 0 saturated carbocycles. The first-order valence-corrected chi connectivity index (χ1v) is 2.32. The summed E-state index contributed by atoms with van der Waals surface area (Å²) < 4.78 is 0. The smallest absolute Gasteiger partial charge is 0.328 e. The molecule has 0 aromatic heterocycles. The van der Waals surface area contributed by atoms with Gasteiger partial charge in [0.2, 0.25) is 11.8 Å². The molecule has 1 rings (SSSR count). The maximum absolute atomic E-state index is 10.3. The van der Waals surface area contributed by atoms with Crippen LogP contribution >= 0.6 is 0 Å². The lowest BCUT2D eigenvalue weighted by Gasteiger charge is -2.09. The van der Waals surface area contributed by atoms with Gasteiger partial charge in [0.1, 0.15) is 6.42 Å². The van der Waals surface area contributed by atoms with Crippen molar-refractivity contribution < 1.29 is 19.9 Å². The Kier molecular flexibility index (Phi) is 2.51. The highest BCUT2D eigenvalue weighted by Crippen LogP contribution is 1.85. The van der Waals surface area contributed by atoms with Gasteiger partial charge in [0.15, 0.2) is 0 Å². The molecule has 1 saturated heterocycles. The molecule has 56 valence electrons. The Morgan fingerprint density at radius 3 is 1.70 bits per heavy atom. The first kappa shape index (κ1) is 8.57. The highest BCUT2D eigenvalue weighted by atomic mass is 16.2. The third-order valence-corrected chi connectivity index (χ3v) is 0.827. The Bertz CT molecular complexity index is 142. The number of rotatable bonds is 0. The summed E-state index contributed by atoms with van der Waals surface area (Å²) in [6.45, 7) is 0. The minimum absolute atomic E-state index is 0. The van der Waals surface area contributed by atoms with Crippen LogP contribution < -0.4 is 10.6 Å². The summed E-state index contributed by atoms with van der Waals surface area (Å²) >= 11 is 0. The Hall–Kier alpha value is -1.43. The molecule has 10 heavy (non-hydrogen) atoms. The maximum Gasteiger partial charge on any atom is 0.328 e. The molecule has 0 aromatic rings. The minimum atomic E-state index is -0.740. The minimum Gasteiger partial charge on any atom is -0.412 e. The summed E-state index contributed by atoms with van der Waals surface area (Å²) in [4.78, 5) is 30.8. The largest absolute Gasteiger partial charge is 0.412 e. The van der Waals surface area contributed by atoms with E-state index in [0.717, 1.165) is 0 Å². The highest BCUT2D eigenvalue weighted by molar-refractivity contribution is 6.14. The summed E-state index contributed by atoms with van der Waals surface area (Å²) in [6.07, 6.45) is -0.258. The molecule has 0 spiro atoms. The van der Waals surface area contributed by atoms with Crippen molar-refractivity contribution in [3.63, 3.8) is 0 Å². The molecule has 6 nitrogen and oxygen atoms in total. The second kappa shape index (κ2) is 2.92. The molecule has 0 atom stereocenters. The molecule has 0 unspecified atom stereocenters. The molecular formula is C4H6N2O4. The van der Waals surface area contributed by atoms with Crippen molar-refractivity contribution in [3.8, 4) is 0 Å². The molecule has 0 aromatic carbocycles. The quantitative estimate of drug-likeness (QED) is 0.383. The van der Waals surface area contributed by atoms with Crippen molar-refractivity contribution in [2.24, 2.45) is 0 Å². The van der Waals surface area contributed by atoms with E-state index in [-0.39, 0.29) is 11.9 Å². The molecule has 1 fully saturated rings. The van der Waals surface area contributed by atoms with Gasteiger partial charge in [-0.25, -0.2) is 4.79 Å². The molecule has 6 heteroatoms. The molecule has 0 radical (unpaired) electrons. The fraction of sp³-hybridized carbons (Fsp3) is 0.250. The van der Waals surface area contributed by atoms with E-state index in [1.54, 1.807) is 0 Å². The number of carbonyl (C=O) groups is 3. The average Bonchev–Trinajstić information content (AvgIpc) is 1.59. The Morgan fingerprint density at radius 1 is 1.00 bits per heavy atom. The van der Waals surface area contributed by atoms with Crippen LogP contribution in [0.25, 0.3) is 0 Å².